The SMILES string of the molecule is CC(C)(C)[Si](C)(C)OCc1ccc(CN)cc1. The summed E-state index contributed by atoms with van der Waals surface area (Å²) in [7, 11) is -1.63. The van der Waals surface area contributed by atoms with Crippen molar-refractivity contribution in [3.63, 3.8) is 0 Å². The summed E-state index contributed by atoms with van der Waals surface area (Å²) in [6.45, 7) is 12.7. The second-order valence-corrected chi connectivity index (χ2v) is 10.9. The van der Waals surface area contributed by atoms with Crippen LogP contribution >= 0.6 is 0 Å². The van der Waals surface area contributed by atoms with E-state index < -0.39 is 8.32 Å². The van der Waals surface area contributed by atoms with E-state index >= 15 is 0 Å². The first-order valence-electron chi connectivity index (χ1n) is 6.18. The molecule has 0 aromatic heterocycles. The second-order valence-electron chi connectivity index (χ2n) is 6.07. The smallest absolute Gasteiger partial charge is 0.192 e. The Labute approximate surface area is 106 Å². The third-order valence-corrected chi connectivity index (χ3v) is 8.14. The van der Waals surface area contributed by atoms with Crippen molar-refractivity contribution in [2.45, 2.75) is 52.1 Å². The molecule has 17 heavy (non-hydrogen) atoms. The quantitative estimate of drug-likeness (QED) is 0.829. The topological polar surface area (TPSA) is 35.2 Å². The molecule has 1 rings (SSSR count). The molecule has 1 aromatic rings. The van der Waals surface area contributed by atoms with Crippen molar-refractivity contribution in [3.8, 4) is 0 Å². The van der Waals surface area contributed by atoms with Crippen molar-refractivity contribution >= 4 is 8.32 Å². The van der Waals surface area contributed by atoms with Crippen LogP contribution in [0.15, 0.2) is 24.3 Å². The van der Waals surface area contributed by atoms with Crippen LogP contribution in [0.4, 0.5) is 0 Å². The lowest BCUT2D eigenvalue weighted by Gasteiger charge is -2.36. The molecular formula is C14H25NOSi. The fourth-order valence-electron chi connectivity index (χ4n) is 1.25. The van der Waals surface area contributed by atoms with Crippen LogP contribution in [0.25, 0.3) is 0 Å². The van der Waals surface area contributed by atoms with Gasteiger partial charge in [-0.1, -0.05) is 45.0 Å². The van der Waals surface area contributed by atoms with Crippen molar-refractivity contribution in [2.24, 2.45) is 5.73 Å². The standard InChI is InChI=1S/C14H25NOSi/c1-14(2,3)17(4,5)16-11-13-8-6-12(10-15)7-9-13/h6-9H,10-11,15H2,1-5H3. The number of hydrogen-bond acceptors (Lipinski definition) is 2. The van der Waals surface area contributed by atoms with Crippen molar-refractivity contribution in [1.82, 2.24) is 0 Å². The fraction of sp³-hybridized carbons (Fsp3) is 0.571. The highest BCUT2D eigenvalue weighted by molar-refractivity contribution is 6.74. The molecule has 2 nitrogen and oxygen atoms in total. The Bertz CT molecular complexity index is 351. The van der Waals surface area contributed by atoms with Crippen LogP contribution < -0.4 is 5.73 Å². The van der Waals surface area contributed by atoms with Crippen molar-refractivity contribution < 1.29 is 4.43 Å². The number of hydrogen-bond donors (Lipinski definition) is 1. The molecule has 96 valence electrons. The molecule has 0 amide bonds. The first-order valence-corrected chi connectivity index (χ1v) is 9.09. The minimum Gasteiger partial charge on any atom is -0.413 e. The lowest BCUT2D eigenvalue weighted by atomic mass is 10.1. The number of nitrogens with two attached hydrogens (primary N) is 1. The Kier molecular flexibility index (Phi) is 4.53. The highest BCUT2D eigenvalue weighted by Crippen LogP contribution is 2.37. The molecule has 0 unspecified atom stereocenters. The molecule has 0 aliphatic carbocycles. The average Bonchev–Trinajstić information content (AvgIpc) is 2.25. The van der Waals surface area contributed by atoms with Crippen LogP contribution in [0.3, 0.4) is 0 Å². The van der Waals surface area contributed by atoms with E-state index in [1.807, 2.05) is 0 Å². The summed E-state index contributed by atoms with van der Waals surface area (Å²) in [6.07, 6.45) is 0. The molecule has 3 heteroatoms. The van der Waals surface area contributed by atoms with Gasteiger partial charge >= 0.3 is 0 Å². The highest BCUT2D eigenvalue weighted by atomic mass is 28.4. The van der Waals surface area contributed by atoms with Crippen molar-refractivity contribution in [1.29, 1.82) is 0 Å². The minimum absolute atomic E-state index is 0.268. The zero-order valence-corrected chi connectivity index (χ0v) is 12.7. The fourth-order valence-corrected chi connectivity index (χ4v) is 2.21. The van der Waals surface area contributed by atoms with Gasteiger partial charge in [0.25, 0.3) is 0 Å². The molecule has 0 bridgehead atoms. The first-order chi connectivity index (χ1) is 7.76. The third kappa shape index (κ3) is 3.94. The van der Waals surface area contributed by atoms with Gasteiger partial charge in [0.05, 0.1) is 6.61 Å². The molecule has 2 N–H and O–H groups in total. The predicted molar refractivity (Wildman–Crippen MR) is 76.3 cm³/mol. The van der Waals surface area contributed by atoms with Gasteiger partial charge in [0, 0.05) is 6.54 Å². The van der Waals surface area contributed by atoms with Gasteiger partial charge < -0.3 is 10.2 Å². The normalized spacial score (nSPS) is 12.8. The van der Waals surface area contributed by atoms with E-state index in [1.54, 1.807) is 0 Å². The molecule has 0 atom stereocenters. The van der Waals surface area contributed by atoms with Crippen molar-refractivity contribution in [3.05, 3.63) is 35.4 Å². The highest BCUT2D eigenvalue weighted by Gasteiger charge is 2.36. The summed E-state index contributed by atoms with van der Waals surface area (Å²) in [5.74, 6) is 0. The molecular weight excluding hydrogens is 226 g/mol. The van der Waals surface area contributed by atoms with Gasteiger partial charge in [-0.3, -0.25) is 0 Å². The Balaban J connectivity index is 2.61. The molecule has 0 saturated heterocycles. The number of rotatable bonds is 4. The maximum absolute atomic E-state index is 6.16. The van der Waals surface area contributed by atoms with Crippen LogP contribution in [0.1, 0.15) is 31.9 Å². The predicted octanol–water partition coefficient (Wildman–Crippen LogP) is 3.67. The molecule has 0 saturated carbocycles. The molecule has 0 spiro atoms. The summed E-state index contributed by atoms with van der Waals surface area (Å²) in [6, 6.07) is 8.36. The van der Waals surface area contributed by atoms with Gasteiger partial charge in [-0.2, -0.15) is 0 Å². The van der Waals surface area contributed by atoms with Gasteiger partial charge in [0.1, 0.15) is 0 Å². The lowest BCUT2D eigenvalue weighted by molar-refractivity contribution is 0.276. The largest absolute Gasteiger partial charge is 0.413 e. The maximum Gasteiger partial charge on any atom is 0.192 e. The van der Waals surface area contributed by atoms with Gasteiger partial charge in [0.2, 0.25) is 0 Å². The summed E-state index contributed by atoms with van der Waals surface area (Å²) >= 11 is 0. The maximum atomic E-state index is 6.16. The molecule has 1 aromatic carbocycles. The molecule has 0 heterocycles. The molecule has 0 radical (unpaired) electrons. The third-order valence-electron chi connectivity index (χ3n) is 3.66. The average molecular weight is 251 g/mol. The van der Waals surface area contributed by atoms with Gasteiger partial charge in [-0.25, -0.2) is 0 Å². The summed E-state index contributed by atoms with van der Waals surface area (Å²) in [4.78, 5) is 0. The number of benzene rings is 1. The molecule has 0 aliphatic rings. The van der Waals surface area contributed by atoms with Gasteiger partial charge in [-0.15, -0.1) is 0 Å². The molecule has 0 aliphatic heterocycles. The molecule has 0 fully saturated rings. The Hall–Kier alpha value is -0.643. The van der Waals surface area contributed by atoms with Crippen LogP contribution in [-0.4, -0.2) is 8.32 Å². The van der Waals surface area contributed by atoms with Crippen LogP contribution in [0, 0.1) is 0 Å². The summed E-state index contributed by atoms with van der Waals surface area (Å²) < 4.78 is 6.16. The van der Waals surface area contributed by atoms with E-state index in [-0.39, 0.29) is 5.04 Å². The zero-order chi connectivity index (χ0) is 13.1. The van der Waals surface area contributed by atoms with Crippen LogP contribution in [0.5, 0.6) is 0 Å². The Morgan fingerprint density at radius 1 is 1.06 bits per heavy atom. The Morgan fingerprint density at radius 2 is 1.53 bits per heavy atom. The second kappa shape index (κ2) is 5.34. The lowest BCUT2D eigenvalue weighted by Crippen LogP contribution is -2.40. The Morgan fingerprint density at radius 3 is 1.94 bits per heavy atom. The van der Waals surface area contributed by atoms with E-state index in [9.17, 15) is 0 Å². The minimum atomic E-state index is -1.63. The van der Waals surface area contributed by atoms with E-state index in [1.165, 1.54) is 11.1 Å². The van der Waals surface area contributed by atoms with Gasteiger partial charge in [0.15, 0.2) is 8.32 Å². The summed E-state index contributed by atoms with van der Waals surface area (Å²) in [5, 5.41) is 0.268. The van der Waals surface area contributed by atoms with Crippen LogP contribution in [0.2, 0.25) is 18.1 Å². The van der Waals surface area contributed by atoms with E-state index in [4.69, 9.17) is 10.2 Å². The van der Waals surface area contributed by atoms with Crippen molar-refractivity contribution in [2.75, 3.05) is 0 Å². The van der Waals surface area contributed by atoms with E-state index in [2.05, 4.69) is 58.1 Å². The van der Waals surface area contributed by atoms with Crippen LogP contribution in [-0.2, 0) is 17.6 Å². The first kappa shape index (κ1) is 14.4. The zero-order valence-electron chi connectivity index (χ0n) is 11.7. The van der Waals surface area contributed by atoms with Gasteiger partial charge in [-0.05, 0) is 29.3 Å². The summed E-state index contributed by atoms with van der Waals surface area (Å²) in [5.41, 5.74) is 7.97. The monoisotopic (exact) mass is 251 g/mol. The van der Waals surface area contributed by atoms with E-state index in [0.29, 0.717) is 13.2 Å². The van der Waals surface area contributed by atoms with E-state index in [0.717, 1.165) is 0 Å².